The molecule has 19 aromatic rings. The molecule has 21 rings (SSSR count). The Morgan fingerprint density at radius 2 is 0.678 bits per heavy atom. The van der Waals surface area contributed by atoms with Gasteiger partial charge < -0.3 is 23.4 Å². The molecule has 0 atom stereocenters. The number of furan rings is 1. The molecule has 0 spiro atoms. The van der Waals surface area contributed by atoms with Crippen molar-refractivity contribution in [2.24, 2.45) is 0 Å². The van der Waals surface area contributed by atoms with Crippen molar-refractivity contribution in [1.29, 1.82) is 0 Å². The van der Waals surface area contributed by atoms with Gasteiger partial charge in [0, 0.05) is 109 Å². The highest BCUT2D eigenvalue weighted by Crippen LogP contribution is 2.54. The molecule has 0 aliphatic heterocycles. The molecule has 90 heavy (non-hydrogen) atoms. The molecular formula is C84H50N4OS. The first-order chi connectivity index (χ1) is 44.7. The molecule has 0 saturated carbocycles. The predicted octanol–water partition coefficient (Wildman–Crippen LogP) is 24.2. The summed E-state index contributed by atoms with van der Waals surface area (Å²) in [5.41, 5.74) is 21.0. The molecule has 0 radical (unpaired) electrons. The van der Waals surface area contributed by atoms with Gasteiger partial charge in [-0.2, -0.15) is 0 Å². The smallest absolute Gasteiger partial charge is 0.136 e. The van der Waals surface area contributed by atoms with E-state index in [1.54, 1.807) is 0 Å². The number of hydrogen-bond acceptors (Lipinski definition) is 4. The van der Waals surface area contributed by atoms with Crippen LogP contribution < -0.4 is 9.80 Å². The largest absolute Gasteiger partial charge is 0.456 e. The van der Waals surface area contributed by atoms with E-state index in [1.165, 1.54) is 129 Å². The summed E-state index contributed by atoms with van der Waals surface area (Å²) in [5.74, 6) is 0. The van der Waals surface area contributed by atoms with Crippen LogP contribution in [-0.2, 0) is 0 Å². The van der Waals surface area contributed by atoms with Crippen LogP contribution in [0.25, 0.3) is 152 Å². The third-order valence-electron chi connectivity index (χ3n) is 19.1. The lowest BCUT2D eigenvalue weighted by molar-refractivity contribution is 0.669. The second kappa shape index (κ2) is 18.9. The standard InChI is InChI=1S/C44H26N2O.C40H24N2S/c1-2-11-30(12-3-1)45(33-22-19-27-9-4-5-10-29(27)25-33)31-13-6-14-32(26-31)46-36-17-7-15-34-35-16-8-18-38-42(35)44-39(47-38)24-21-28-20-23-37(46)43(40(28)44)41(34)36;1-3-9-26(10-4-1)41(27-11-5-2-6-12-27)28-19-21-29(22-20-28)42-32-15-7-13-30-31-14-8-16-34-38(31)40-35(43-34)24-18-25-17-23-33(42)39(36(25)40)37(30)32/h1-26H;1-24H. The van der Waals surface area contributed by atoms with E-state index in [-0.39, 0.29) is 0 Å². The van der Waals surface area contributed by atoms with E-state index in [2.05, 4.69) is 322 Å². The average molecular weight is 1160 g/mol. The number of para-hydroxylation sites is 3. The lowest BCUT2D eigenvalue weighted by atomic mass is 9.98. The Balaban J connectivity index is 0.000000126. The molecule has 0 fully saturated rings. The van der Waals surface area contributed by atoms with Crippen molar-refractivity contribution in [2.45, 2.75) is 0 Å². The number of aromatic nitrogens is 2. The van der Waals surface area contributed by atoms with Crippen LogP contribution in [0.15, 0.2) is 308 Å². The van der Waals surface area contributed by atoms with Crippen LogP contribution in [0.2, 0.25) is 0 Å². The first kappa shape index (κ1) is 49.4. The zero-order valence-electron chi connectivity index (χ0n) is 48.5. The van der Waals surface area contributed by atoms with Gasteiger partial charge >= 0.3 is 0 Å². The van der Waals surface area contributed by atoms with Gasteiger partial charge in [-0.1, -0.05) is 164 Å². The Kier molecular flexibility index (Phi) is 10.4. The molecule has 6 heteroatoms. The topological polar surface area (TPSA) is 29.5 Å². The maximum atomic E-state index is 6.45. The fourth-order valence-corrected chi connectivity index (χ4v) is 16.6. The quantitative estimate of drug-likeness (QED) is 0.152. The summed E-state index contributed by atoms with van der Waals surface area (Å²) in [4.78, 5) is 4.67. The Morgan fingerprint density at radius 1 is 0.233 bits per heavy atom. The van der Waals surface area contributed by atoms with E-state index in [0.29, 0.717) is 0 Å². The van der Waals surface area contributed by atoms with E-state index in [9.17, 15) is 0 Å². The van der Waals surface area contributed by atoms with Gasteiger partial charge in [0.15, 0.2) is 0 Å². The number of benzene rings is 15. The second-order valence-electron chi connectivity index (χ2n) is 23.9. The summed E-state index contributed by atoms with van der Waals surface area (Å²) in [5, 5.41) is 18.2. The van der Waals surface area contributed by atoms with E-state index in [4.69, 9.17) is 4.42 Å². The van der Waals surface area contributed by atoms with Crippen LogP contribution in [-0.4, -0.2) is 9.13 Å². The molecule has 2 aliphatic rings. The number of nitrogens with zero attached hydrogens (tertiary/aromatic N) is 4. The maximum Gasteiger partial charge on any atom is 0.136 e. The highest BCUT2D eigenvalue weighted by molar-refractivity contribution is 7.26. The summed E-state index contributed by atoms with van der Waals surface area (Å²) in [6, 6.07) is 110. The molecule has 2 aliphatic carbocycles. The first-order valence-electron chi connectivity index (χ1n) is 30.8. The van der Waals surface area contributed by atoms with Gasteiger partial charge in [0.05, 0.1) is 22.1 Å². The molecule has 5 nitrogen and oxygen atoms in total. The van der Waals surface area contributed by atoms with E-state index in [0.717, 1.165) is 56.7 Å². The molecule has 0 unspecified atom stereocenters. The van der Waals surface area contributed by atoms with E-state index >= 15 is 0 Å². The minimum absolute atomic E-state index is 0.942. The fraction of sp³-hybridized carbons (Fsp3) is 0. The Bertz CT molecular complexity index is 6180. The van der Waals surface area contributed by atoms with Gasteiger partial charge in [-0.3, -0.25) is 0 Å². The van der Waals surface area contributed by atoms with Crippen molar-refractivity contribution < 1.29 is 4.42 Å². The zero-order chi connectivity index (χ0) is 58.7. The second-order valence-corrected chi connectivity index (χ2v) is 25.0. The maximum absolute atomic E-state index is 6.45. The SMILES string of the molecule is c1ccc(N(c2cccc(-n3c4cccc5c4c4c6c(ccc7oc8cccc-5c8c76)ccc43)c2)c2ccc3ccccc3c2)cc1.c1ccc(N(c2ccccc2)c2ccc(-n3c4cccc5c4c4c6c(ccc7sc8cccc-5c8c76)ccc43)cc2)cc1. The highest BCUT2D eigenvalue weighted by atomic mass is 32.1. The molecule has 0 amide bonds. The third kappa shape index (κ3) is 7.02. The summed E-state index contributed by atoms with van der Waals surface area (Å²) < 4.78 is 14.1. The molecule has 4 heterocycles. The average Bonchev–Trinajstić information content (AvgIpc) is 1.55. The molecule has 15 aromatic carbocycles. The van der Waals surface area contributed by atoms with Gasteiger partial charge in [-0.25, -0.2) is 0 Å². The number of rotatable bonds is 8. The van der Waals surface area contributed by atoms with Gasteiger partial charge in [0.2, 0.25) is 0 Å². The molecular weight excluding hydrogens is 1110 g/mol. The lowest BCUT2D eigenvalue weighted by Gasteiger charge is -2.26. The van der Waals surface area contributed by atoms with Crippen molar-refractivity contribution in [3.05, 3.63) is 303 Å². The van der Waals surface area contributed by atoms with Crippen molar-refractivity contribution in [1.82, 2.24) is 9.13 Å². The highest BCUT2D eigenvalue weighted by Gasteiger charge is 2.29. The zero-order valence-corrected chi connectivity index (χ0v) is 49.3. The van der Waals surface area contributed by atoms with Crippen LogP contribution in [0.1, 0.15) is 0 Å². The van der Waals surface area contributed by atoms with Crippen molar-refractivity contribution in [3.63, 3.8) is 0 Å². The lowest BCUT2D eigenvalue weighted by Crippen LogP contribution is -2.10. The van der Waals surface area contributed by atoms with Gasteiger partial charge in [-0.15, -0.1) is 11.3 Å². The van der Waals surface area contributed by atoms with Crippen LogP contribution in [0.4, 0.5) is 34.1 Å². The monoisotopic (exact) mass is 1160 g/mol. The van der Waals surface area contributed by atoms with Crippen LogP contribution >= 0.6 is 11.3 Å². The predicted molar refractivity (Wildman–Crippen MR) is 382 cm³/mol. The van der Waals surface area contributed by atoms with Crippen molar-refractivity contribution in [3.8, 4) is 33.6 Å². The van der Waals surface area contributed by atoms with Crippen molar-refractivity contribution in [2.75, 3.05) is 9.80 Å². The Morgan fingerprint density at radius 3 is 1.34 bits per heavy atom. The van der Waals surface area contributed by atoms with E-state index in [1.807, 2.05) is 11.3 Å². The minimum Gasteiger partial charge on any atom is -0.456 e. The molecule has 0 bridgehead atoms. The number of anilines is 6. The van der Waals surface area contributed by atoms with Crippen LogP contribution in [0.3, 0.4) is 0 Å². The van der Waals surface area contributed by atoms with Crippen LogP contribution in [0, 0.1) is 0 Å². The number of thiophene rings is 1. The number of fused-ring (bicyclic) bond motifs is 3. The van der Waals surface area contributed by atoms with Crippen molar-refractivity contribution >= 4 is 164 Å². The Labute approximate surface area is 520 Å². The summed E-state index contributed by atoms with van der Waals surface area (Å²) in [6.45, 7) is 0. The first-order valence-corrected chi connectivity index (χ1v) is 31.6. The summed E-state index contributed by atoms with van der Waals surface area (Å²) in [7, 11) is 0. The Hall–Kier alpha value is -11.7. The molecule has 0 N–H and O–H groups in total. The van der Waals surface area contributed by atoms with Gasteiger partial charge in [0.25, 0.3) is 0 Å². The molecule has 0 saturated heterocycles. The number of hydrogen-bond donors (Lipinski definition) is 0. The minimum atomic E-state index is 0.942. The molecule has 4 aromatic heterocycles. The molecule has 418 valence electrons. The van der Waals surface area contributed by atoms with Gasteiger partial charge in [-0.05, 0) is 183 Å². The van der Waals surface area contributed by atoms with Gasteiger partial charge in [0.1, 0.15) is 11.2 Å². The van der Waals surface area contributed by atoms with E-state index < -0.39 is 0 Å². The van der Waals surface area contributed by atoms with Crippen LogP contribution in [0.5, 0.6) is 0 Å². The third-order valence-corrected chi connectivity index (χ3v) is 20.2. The summed E-state index contributed by atoms with van der Waals surface area (Å²) in [6.07, 6.45) is 0. The fourth-order valence-electron chi connectivity index (χ4n) is 15.5. The summed E-state index contributed by atoms with van der Waals surface area (Å²) >= 11 is 1.91. The normalized spacial score (nSPS) is 12.2.